The smallest absolute Gasteiger partial charge is 0.344 e. The zero-order valence-corrected chi connectivity index (χ0v) is 14.6. The number of hydrogen-bond acceptors (Lipinski definition) is 4. The zero-order chi connectivity index (χ0) is 16.8. The molecule has 6 heteroatoms. The number of rotatable bonds is 8. The molecule has 1 aliphatic heterocycles. The van der Waals surface area contributed by atoms with Gasteiger partial charge in [0.25, 0.3) is 0 Å². The second-order valence-electron chi connectivity index (χ2n) is 6.15. The van der Waals surface area contributed by atoms with E-state index in [0.717, 1.165) is 25.2 Å². The van der Waals surface area contributed by atoms with Crippen LogP contribution < -0.4 is 4.74 Å². The van der Waals surface area contributed by atoms with E-state index in [4.69, 9.17) is 21.4 Å². The molecule has 1 aromatic carbocycles. The van der Waals surface area contributed by atoms with Crippen molar-refractivity contribution in [3.8, 4) is 5.75 Å². The van der Waals surface area contributed by atoms with Crippen molar-refractivity contribution in [2.45, 2.75) is 32.4 Å². The molecule has 1 saturated heterocycles. The monoisotopic (exact) mass is 340 g/mol. The van der Waals surface area contributed by atoms with Gasteiger partial charge in [-0.05, 0) is 57.6 Å². The number of aliphatic carboxylic acids is 1. The molecular weight excluding hydrogens is 316 g/mol. The Kier molecular flexibility index (Phi) is 6.69. The van der Waals surface area contributed by atoms with Crippen LogP contribution in [0.1, 0.15) is 25.3 Å². The molecule has 23 heavy (non-hydrogen) atoms. The third kappa shape index (κ3) is 5.68. The average molecular weight is 341 g/mol. The summed E-state index contributed by atoms with van der Waals surface area (Å²) in [5.74, 6) is -0.600. The summed E-state index contributed by atoms with van der Waals surface area (Å²) in [7, 11) is 2.10. The van der Waals surface area contributed by atoms with Crippen molar-refractivity contribution in [2.75, 3.05) is 33.2 Å². The molecule has 0 saturated carbocycles. The maximum absolute atomic E-state index is 10.8. The molecule has 2 rings (SSSR count). The fourth-order valence-electron chi connectivity index (χ4n) is 2.69. The van der Waals surface area contributed by atoms with Crippen molar-refractivity contribution in [1.29, 1.82) is 0 Å². The van der Waals surface area contributed by atoms with Gasteiger partial charge in [0.1, 0.15) is 5.75 Å². The minimum absolute atomic E-state index is 0.407. The highest BCUT2D eigenvalue weighted by Crippen LogP contribution is 2.27. The molecule has 1 atom stereocenters. The summed E-state index contributed by atoms with van der Waals surface area (Å²) in [5, 5.41) is 9.33. The van der Waals surface area contributed by atoms with Gasteiger partial charge in [0, 0.05) is 19.6 Å². The van der Waals surface area contributed by atoms with Gasteiger partial charge in [0.15, 0.2) is 6.10 Å². The number of ether oxygens (including phenoxy) is 1. The fourth-order valence-corrected chi connectivity index (χ4v) is 2.94. The van der Waals surface area contributed by atoms with Crippen molar-refractivity contribution in [3.63, 3.8) is 0 Å². The molecule has 1 aliphatic rings. The lowest BCUT2D eigenvalue weighted by Crippen LogP contribution is -2.31. The highest BCUT2D eigenvalue weighted by Gasteiger charge is 2.15. The normalized spacial score (nSPS) is 16.7. The molecule has 1 N–H and O–H groups in total. The first-order valence-electron chi connectivity index (χ1n) is 8.04. The van der Waals surface area contributed by atoms with Gasteiger partial charge in [0.2, 0.25) is 0 Å². The predicted octanol–water partition coefficient (Wildman–Crippen LogP) is 2.72. The van der Waals surface area contributed by atoms with Gasteiger partial charge in [-0.2, -0.15) is 0 Å². The van der Waals surface area contributed by atoms with E-state index in [2.05, 4.69) is 16.8 Å². The van der Waals surface area contributed by atoms with Crippen LogP contribution in [0.25, 0.3) is 0 Å². The lowest BCUT2D eigenvalue weighted by molar-refractivity contribution is -0.144. The van der Waals surface area contributed by atoms with E-state index >= 15 is 0 Å². The van der Waals surface area contributed by atoms with E-state index in [1.165, 1.54) is 32.9 Å². The lowest BCUT2D eigenvalue weighted by Gasteiger charge is -2.21. The highest BCUT2D eigenvalue weighted by atomic mass is 35.5. The second kappa shape index (κ2) is 8.52. The number of carboxylic acid groups (broad SMARTS) is 1. The second-order valence-corrected chi connectivity index (χ2v) is 6.56. The van der Waals surface area contributed by atoms with Crippen molar-refractivity contribution < 1.29 is 14.6 Å². The van der Waals surface area contributed by atoms with Crippen LogP contribution in [0.15, 0.2) is 18.2 Å². The van der Waals surface area contributed by atoms with Crippen molar-refractivity contribution in [3.05, 3.63) is 28.8 Å². The standard InChI is InChI=1S/C17H25ClN2O3/c1-13(17(21)22)23-16-6-5-14(11-15(16)18)12-19(2)9-10-20-7-3-4-8-20/h5-6,11,13H,3-4,7-10,12H2,1-2H3,(H,21,22)/t13-/m1/s1. The number of halogens is 1. The van der Waals surface area contributed by atoms with Crippen LogP contribution in [0, 0.1) is 0 Å². The van der Waals surface area contributed by atoms with E-state index in [9.17, 15) is 4.79 Å². The van der Waals surface area contributed by atoms with Crippen LogP contribution in [0.5, 0.6) is 5.75 Å². The van der Waals surface area contributed by atoms with E-state index < -0.39 is 12.1 Å². The molecule has 0 bridgehead atoms. The minimum Gasteiger partial charge on any atom is -0.479 e. The van der Waals surface area contributed by atoms with E-state index in [1.54, 1.807) is 6.07 Å². The fraction of sp³-hybridized carbons (Fsp3) is 0.588. The Hall–Kier alpha value is -1.30. The van der Waals surface area contributed by atoms with Crippen LogP contribution >= 0.6 is 11.6 Å². The van der Waals surface area contributed by atoms with Crippen LogP contribution in [-0.4, -0.2) is 60.2 Å². The molecule has 0 aromatic heterocycles. The van der Waals surface area contributed by atoms with Crippen LogP contribution in [0.4, 0.5) is 0 Å². The van der Waals surface area contributed by atoms with Gasteiger partial charge >= 0.3 is 5.97 Å². The number of likely N-dealkylation sites (tertiary alicyclic amines) is 1. The van der Waals surface area contributed by atoms with Crippen molar-refractivity contribution in [2.24, 2.45) is 0 Å². The summed E-state index contributed by atoms with van der Waals surface area (Å²) in [6.07, 6.45) is 1.71. The number of carboxylic acids is 1. The Labute approximate surface area is 142 Å². The maximum atomic E-state index is 10.8. The van der Waals surface area contributed by atoms with Gasteiger partial charge in [0.05, 0.1) is 5.02 Å². The quantitative estimate of drug-likeness (QED) is 0.788. The number of carbonyl (C=O) groups is 1. The molecule has 1 aromatic rings. The van der Waals surface area contributed by atoms with Gasteiger partial charge in [-0.1, -0.05) is 17.7 Å². The van der Waals surface area contributed by atoms with Gasteiger partial charge < -0.3 is 19.6 Å². The number of benzene rings is 1. The Bertz CT molecular complexity index is 533. The average Bonchev–Trinajstić information content (AvgIpc) is 3.01. The number of nitrogens with zero attached hydrogens (tertiary/aromatic N) is 2. The third-order valence-corrected chi connectivity index (χ3v) is 4.39. The van der Waals surface area contributed by atoms with Crippen LogP contribution in [-0.2, 0) is 11.3 Å². The molecule has 0 radical (unpaired) electrons. The lowest BCUT2D eigenvalue weighted by atomic mass is 10.2. The first-order valence-corrected chi connectivity index (χ1v) is 8.42. The topological polar surface area (TPSA) is 53.0 Å². The number of likely N-dealkylation sites (N-methyl/N-ethyl adjacent to an activating group) is 1. The minimum atomic E-state index is -1.01. The SMILES string of the molecule is C[C@@H](Oc1ccc(CN(C)CCN2CCCC2)cc1Cl)C(=O)O. The maximum Gasteiger partial charge on any atom is 0.344 e. The van der Waals surface area contributed by atoms with Crippen LogP contribution in [0.2, 0.25) is 5.02 Å². The first-order chi connectivity index (χ1) is 11.0. The molecule has 1 heterocycles. The summed E-state index contributed by atoms with van der Waals surface area (Å²) >= 11 is 6.20. The summed E-state index contributed by atoms with van der Waals surface area (Å²) in [5.41, 5.74) is 1.09. The Morgan fingerprint density at radius 2 is 2.13 bits per heavy atom. The predicted molar refractivity (Wildman–Crippen MR) is 91.2 cm³/mol. The van der Waals surface area contributed by atoms with Gasteiger partial charge in [-0.25, -0.2) is 4.79 Å². The van der Waals surface area contributed by atoms with Crippen molar-refractivity contribution in [1.82, 2.24) is 9.80 Å². The molecule has 0 unspecified atom stereocenters. The molecule has 0 spiro atoms. The van der Waals surface area contributed by atoms with Crippen LogP contribution in [0.3, 0.4) is 0 Å². The first kappa shape index (κ1) is 18.0. The molecule has 128 valence electrons. The molecule has 0 aliphatic carbocycles. The highest BCUT2D eigenvalue weighted by molar-refractivity contribution is 6.32. The largest absolute Gasteiger partial charge is 0.479 e. The van der Waals surface area contributed by atoms with Gasteiger partial charge in [-0.3, -0.25) is 0 Å². The summed E-state index contributed by atoms with van der Waals surface area (Å²) in [4.78, 5) is 15.6. The number of hydrogen-bond donors (Lipinski definition) is 1. The van der Waals surface area contributed by atoms with E-state index in [0.29, 0.717) is 10.8 Å². The zero-order valence-electron chi connectivity index (χ0n) is 13.8. The Morgan fingerprint density at radius 1 is 1.43 bits per heavy atom. The molecular formula is C17H25ClN2O3. The third-order valence-electron chi connectivity index (χ3n) is 4.10. The molecule has 5 nitrogen and oxygen atoms in total. The Balaban J connectivity index is 1.85. The molecule has 0 amide bonds. The van der Waals surface area contributed by atoms with E-state index in [-0.39, 0.29) is 0 Å². The van der Waals surface area contributed by atoms with E-state index in [1.807, 2.05) is 12.1 Å². The van der Waals surface area contributed by atoms with Crippen molar-refractivity contribution >= 4 is 17.6 Å². The summed E-state index contributed by atoms with van der Waals surface area (Å²) in [6.45, 7) is 6.84. The van der Waals surface area contributed by atoms with Gasteiger partial charge in [-0.15, -0.1) is 0 Å². The summed E-state index contributed by atoms with van der Waals surface area (Å²) < 4.78 is 5.33. The molecule has 1 fully saturated rings. The Morgan fingerprint density at radius 3 is 2.74 bits per heavy atom. The summed E-state index contributed by atoms with van der Waals surface area (Å²) in [6, 6.07) is 5.52.